The number of hydrogen-bond donors (Lipinski definition) is 3. The molecule has 4 rings (SSSR count). The zero-order chi connectivity index (χ0) is 20.4. The monoisotopic (exact) mass is 390 g/mol. The molecule has 0 unspecified atom stereocenters. The molecule has 0 bridgehead atoms. The number of anilines is 4. The van der Waals surface area contributed by atoms with E-state index in [1.54, 1.807) is 12.1 Å². The number of nitrogens with one attached hydrogen (secondary N) is 2. The number of urea groups is 1. The maximum absolute atomic E-state index is 13.3. The molecule has 1 aromatic heterocycles. The van der Waals surface area contributed by atoms with Gasteiger partial charge in [0.25, 0.3) is 11.9 Å². The predicted molar refractivity (Wildman–Crippen MR) is 110 cm³/mol. The predicted octanol–water partition coefficient (Wildman–Crippen LogP) is 2.82. The number of amides is 3. The Morgan fingerprint density at radius 1 is 1.14 bits per heavy atom. The van der Waals surface area contributed by atoms with Gasteiger partial charge < -0.3 is 10.2 Å². The van der Waals surface area contributed by atoms with Gasteiger partial charge in [-0.05, 0) is 18.2 Å². The average molecular weight is 390 g/mol. The third-order valence-corrected chi connectivity index (χ3v) is 4.37. The Morgan fingerprint density at radius 2 is 1.86 bits per heavy atom. The quantitative estimate of drug-likeness (QED) is 0.577. The van der Waals surface area contributed by atoms with Gasteiger partial charge in [-0.25, -0.2) is 4.79 Å². The second kappa shape index (κ2) is 7.39. The van der Waals surface area contributed by atoms with Crippen LogP contribution in [-0.4, -0.2) is 23.5 Å². The summed E-state index contributed by atoms with van der Waals surface area (Å²) in [6.07, 6.45) is 1.26. The van der Waals surface area contributed by atoms with E-state index in [9.17, 15) is 9.59 Å². The van der Waals surface area contributed by atoms with Crippen LogP contribution < -0.4 is 26.4 Å². The van der Waals surface area contributed by atoms with Crippen molar-refractivity contribution in [2.75, 3.05) is 27.5 Å². The van der Waals surface area contributed by atoms with E-state index in [0.29, 0.717) is 17.1 Å². The topological polar surface area (TPSA) is 117 Å². The number of para-hydroxylation sites is 2. The highest BCUT2D eigenvalue weighted by molar-refractivity contribution is 6.18. The van der Waals surface area contributed by atoms with Crippen molar-refractivity contribution >= 4 is 40.8 Å². The molecule has 2 aromatic carbocycles. The van der Waals surface area contributed by atoms with E-state index in [1.165, 1.54) is 16.1 Å². The van der Waals surface area contributed by atoms with Gasteiger partial charge in [0.1, 0.15) is 12.8 Å². The second-order valence-corrected chi connectivity index (χ2v) is 6.25. The number of fused-ring (bicyclic) bond motifs is 1. The second-order valence-electron chi connectivity index (χ2n) is 6.25. The number of hydrazine groups is 1. The molecule has 0 aliphatic carbocycles. The summed E-state index contributed by atoms with van der Waals surface area (Å²) < 4.78 is 4.86. The van der Waals surface area contributed by atoms with Crippen LogP contribution in [-0.2, 0) is 4.79 Å². The number of aromatic nitrogens is 1. The fourth-order valence-electron chi connectivity index (χ4n) is 3.07. The van der Waals surface area contributed by atoms with E-state index in [4.69, 9.17) is 10.2 Å². The van der Waals surface area contributed by atoms with Crippen LogP contribution >= 0.6 is 0 Å². The van der Waals surface area contributed by atoms with Crippen molar-refractivity contribution in [2.24, 2.45) is 0 Å². The van der Waals surface area contributed by atoms with Crippen LogP contribution in [0.4, 0.5) is 28.0 Å². The Balaban J connectivity index is 1.59. The lowest BCUT2D eigenvalue weighted by Gasteiger charge is -2.38. The first kappa shape index (κ1) is 18.1. The Hall–Kier alpha value is -4.27. The van der Waals surface area contributed by atoms with Crippen LogP contribution in [0.2, 0.25) is 0 Å². The lowest BCUT2D eigenvalue weighted by Crippen LogP contribution is -2.50. The number of benzene rings is 2. The summed E-state index contributed by atoms with van der Waals surface area (Å²) in [5.41, 5.74) is 13.0. The van der Waals surface area contributed by atoms with Gasteiger partial charge in [-0.15, -0.1) is 0 Å². The minimum Gasteiger partial charge on any atom is -0.430 e. The maximum atomic E-state index is 13.3. The lowest BCUT2D eigenvalue weighted by molar-refractivity contribution is -0.119. The molecule has 1 aliphatic heterocycles. The minimum atomic E-state index is -0.449. The maximum Gasteiger partial charge on any atom is 0.334 e. The van der Waals surface area contributed by atoms with Crippen molar-refractivity contribution in [3.63, 3.8) is 0 Å². The zero-order valence-corrected chi connectivity index (χ0v) is 15.3. The summed E-state index contributed by atoms with van der Waals surface area (Å²) in [7, 11) is 0. The number of nitrogens with zero attached hydrogens (tertiary/aromatic N) is 3. The first-order valence-corrected chi connectivity index (χ1v) is 8.75. The first-order chi connectivity index (χ1) is 14.0. The third kappa shape index (κ3) is 3.48. The molecular formula is C20H18N6O3. The van der Waals surface area contributed by atoms with Gasteiger partial charge in [0.05, 0.1) is 17.1 Å². The fraction of sp³-hybridized carbons (Fsp3) is 0.0500. The van der Waals surface area contributed by atoms with Gasteiger partial charge in [-0.3, -0.25) is 25.4 Å². The summed E-state index contributed by atoms with van der Waals surface area (Å²) in [5, 5.41) is 0. The minimum absolute atomic E-state index is 0.0288. The summed E-state index contributed by atoms with van der Waals surface area (Å²) in [4.78, 5) is 32.4. The van der Waals surface area contributed by atoms with E-state index in [0.717, 1.165) is 5.56 Å². The normalized spacial score (nSPS) is 13.2. The average Bonchev–Trinajstić information content (AvgIpc) is 3.16. The summed E-state index contributed by atoms with van der Waals surface area (Å²) >= 11 is 0. The van der Waals surface area contributed by atoms with Gasteiger partial charge in [0.2, 0.25) is 0 Å². The van der Waals surface area contributed by atoms with Crippen LogP contribution in [0, 0.1) is 0 Å². The van der Waals surface area contributed by atoms with Crippen LogP contribution in [0.25, 0.3) is 5.70 Å². The Labute approximate surface area is 166 Å². The number of nitrogens with two attached hydrogens (primary N) is 1. The smallest absolute Gasteiger partial charge is 0.334 e. The largest absolute Gasteiger partial charge is 0.430 e. The molecule has 0 atom stereocenters. The zero-order valence-electron chi connectivity index (χ0n) is 15.3. The van der Waals surface area contributed by atoms with Crippen molar-refractivity contribution in [1.82, 2.24) is 10.4 Å². The standard InChI is InChI=1S/C20H18N6O3/c1-13-15-9-5-6-10-16(15)25(20(28)26(13)14-7-3-2-4-8-14)11-18(27)24-23-17-12-29-19(21)22-17/h2-10,12,23H,1,11H2,(H2,21,22)(H,24,27). The molecule has 29 heavy (non-hydrogen) atoms. The Kier molecular flexibility index (Phi) is 4.62. The summed E-state index contributed by atoms with van der Waals surface area (Å²) in [6, 6.07) is 16.1. The number of nitrogen functional groups attached to an aromatic ring is 1. The molecular weight excluding hydrogens is 372 g/mol. The molecule has 9 heteroatoms. The molecule has 0 fully saturated rings. The molecule has 146 valence electrons. The van der Waals surface area contributed by atoms with Crippen molar-refractivity contribution < 1.29 is 14.0 Å². The van der Waals surface area contributed by atoms with Gasteiger partial charge >= 0.3 is 6.03 Å². The first-order valence-electron chi connectivity index (χ1n) is 8.75. The van der Waals surface area contributed by atoms with Crippen molar-refractivity contribution in [1.29, 1.82) is 0 Å². The van der Waals surface area contributed by atoms with Gasteiger partial charge in [0, 0.05) is 5.56 Å². The summed E-state index contributed by atoms with van der Waals surface area (Å²) in [6.45, 7) is 3.88. The molecule has 0 saturated carbocycles. The van der Waals surface area contributed by atoms with Crippen LogP contribution in [0.5, 0.6) is 0 Å². The van der Waals surface area contributed by atoms with E-state index in [1.807, 2.05) is 42.5 Å². The molecule has 0 saturated heterocycles. The molecule has 3 amide bonds. The van der Waals surface area contributed by atoms with Crippen molar-refractivity contribution in [3.8, 4) is 0 Å². The van der Waals surface area contributed by atoms with E-state index < -0.39 is 5.91 Å². The molecule has 2 heterocycles. The molecule has 4 N–H and O–H groups in total. The molecule has 0 spiro atoms. The van der Waals surface area contributed by atoms with Gasteiger partial charge in [-0.1, -0.05) is 43.0 Å². The fourth-order valence-corrected chi connectivity index (χ4v) is 3.07. The lowest BCUT2D eigenvalue weighted by atomic mass is 10.0. The SMILES string of the molecule is C=C1c2ccccc2N(CC(=O)NNc2coc(N)n2)C(=O)N1c1ccccc1. The highest BCUT2D eigenvalue weighted by atomic mass is 16.4. The number of carbonyl (C=O) groups is 2. The van der Waals surface area contributed by atoms with Crippen LogP contribution in [0.15, 0.2) is 71.9 Å². The highest BCUT2D eigenvalue weighted by Gasteiger charge is 2.34. The Morgan fingerprint density at radius 3 is 2.59 bits per heavy atom. The number of hydrogen-bond acceptors (Lipinski definition) is 6. The van der Waals surface area contributed by atoms with Crippen LogP contribution in [0.1, 0.15) is 5.56 Å². The highest BCUT2D eigenvalue weighted by Crippen LogP contribution is 2.37. The van der Waals surface area contributed by atoms with E-state index in [2.05, 4.69) is 22.4 Å². The molecule has 0 radical (unpaired) electrons. The van der Waals surface area contributed by atoms with Gasteiger partial charge in [0.15, 0.2) is 5.82 Å². The van der Waals surface area contributed by atoms with E-state index >= 15 is 0 Å². The number of oxazole rings is 1. The third-order valence-electron chi connectivity index (χ3n) is 4.37. The van der Waals surface area contributed by atoms with Crippen molar-refractivity contribution in [3.05, 3.63) is 73.0 Å². The Bertz CT molecular complexity index is 1080. The van der Waals surface area contributed by atoms with Gasteiger partial charge in [-0.2, -0.15) is 4.98 Å². The van der Waals surface area contributed by atoms with Crippen LogP contribution in [0.3, 0.4) is 0 Å². The number of carbonyl (C=O) groups excluding carboxylic acids is 2. The number of rotatable bonds is 5. The van der Waals surface area contributed by atoms with Crippen molar-refractivity contribution in [2.45, 2.75) is 0 Å². The molecule has 1 aliphatic rings. The molecule has 3 aromatic rings. The van der Waals surface area contributed by atoms with E-state index in [-0.39, 0.29) is 24.4 Å². The molecule has 9 nitrogen and oxygen atoms in total. The summed E-state index contributed by atoms with van der Waals surface area (Å²) in [5.74, 6) is -0.198.